The monoisotopic (exact) mass is 310 g/mol. The van der Waals surface area contributed by atoms with Crippen LogP contribution in [0.2, 0.25) is 0 Å². The third-order valence-corrected chi connectivity index (χ3v) is 3.07. The smallest absolute Gasteiger partial charge is 0.163 e. The molecule has 1 N–H and O–H groups in total. The van der Waals surface area contributed by atoms with Crippen LogP contribution < -0.4 is 5.32 Å². The molecule has 1 aliphatic rings. The largest absolute Gasteiger partial charge is 0.314 e. The molecule has 1 aliphatic heterocycles. The highest BCUT2D eigenvalue weighted by atomic mass is 35.5. The standard InChI is InChI=1S/C13H16F2N2.2ClH/c1-2-12(17-8-6-16-7-9-17)10-4-3-5-11(14)13(10)15;;/h2-5,12,16H,1,6-9H2;2*1H/t12-;;/m1../s1. The van der Waals surface area contributed by atoms with Crippen molar-refractivity contribution in [2.24, 2.45) is 0 Å². The maximum absolute atomic E-state index is 13.7. The summed E-state index contributed by atoms with van der Waals surface area (Å²) in [6.45, 7) is 7.08. The second kappa shape index (κ2) is 8.48. The summed E-state index contributed by atoms with van der Waals surface area (Å²) in [6.07, 6.45) is 1.67. The molecule has 1 aromatic rings. The van der Waals surface area contributed by atoms with Gasteiger partial charge in [-0.05, 0) is 6.07 Å². The van der Waals surface area contributed by atoms with Crippen molar-refractivity contribution >= 4 is 24.8 Å². The van der Waals surface area contributed by atoms with E-state index in [1.54, 1.807) is 12.1 Å². The molecule has 2 rings (SSSR count). The van der Waals surface area contributed by atoms with Gasteiger partial charge < -0.3 is 5.32 Å². The Balaban J connectivity index is 0.00000162. The van der Waals surface area contributed by atoms with Gasteiger partial charge in [0, 0.05) is 31.7 Å². The van der Waals surface area contributed by atoms with E-state index in [2.05, 4.69) is 16.8 Å². The van der Waals surface area contributed by atoms with Crippen LogP contribution in [-0.4, -0.2) is 31.1 Å². The number of hydrogen-bond acceptors (Lipinski definition) is 2. The van der Waals surface area contributed by atoms with Gasteiger partial charge in [0.1, 0.15) is 0 Å². The Hall–Kier alpha value is -0.680. The molecule has 0 unspecified atom stereocenters. The Kier molecular flexibility index (Phi) is 8.18. The summed E-state index contributed by atoms with van der Waals surface area (Å²) in [7, 11) is 0. The van der Waals surface area contributed by atoms with Crippen molar-refractivity contribution in [1.29, 1.82) is 0 Å². The molecule has 1 aromatic carbocycles. The van der Waals surface area contributed by atoms with E-state index in [0.717, 1.165) is 32.2 Å². The van der Waals surface area contributed by atoms with E-state index >= 15 is 0 Å². The molecule has 1 saturated heterocycles. The SMILES string of the molecule is C=C[C@H](c1cccc(F)c1F)N1CCNCC1.Cl.Cl. The van der Waals surface area contributed by atoms with Gasteiger partial charge in [0.25, 0.3) is 0 Å². The molecule has 0 bridgehead atoms. The fraction of sp³-hybridized carbons (Fsp3) is 0.385. The fourth-order valence-electron chi connectivity index (χ4n) is 2.18. The van der Waals surface area contributed by atoms with Crippen molar-refractivity contribution < 1.29 is 8.78 Å². The van der Waals surface area contributed by atoms with E-state index in [4.69, 9.17) is 0 Å². The van der Waals surface area contributed by atoms with E-state index in [0.29, 0.717) is 5.56 Å². The number of rotatable bonds is 3. The third kappa shape index (κ3) is 4.14. The van der Waals surface area contributed by atoms with E-state index in [9.17, 15) is 8.78 Å². The molecule has 0 saturated carbocycles. The van der Waals surface area contributed by atoms with Crippen LogP contribution in [0.25, 0.3) is 0 Å². The van der Waals surface area contributed by atoms with Crippen molar-refractivity contribution in [2.75, 3.05) is 26.2 Å². The molecule has 0 aromatic heterocycles. The molecule has 1 fully saturated rings. The summed E-state index contributed by atoms with van der Waals surface area (Å²) in [5.74, 6) is -1.57. The molecule has 108 valence electrons. The minimum atomic E-state index is -0.801. The van der Waals surface area contributed by atoms with Crippen LogP contribution in [0.15, 0.2) is 30.9 Å². The van der Waals surface area contributed by atoms with E-state index in [1.807, 2.05) is 0 Å². The van der Waals surface area contributed by atoms with Crippen molar-refractivity contribution in [3.05, 3.63) is 48.1 Å². The second-order valence-corrected chi connectivity index (χ2v) is 4.11. The number of hydrogen-bond donors (Lipinski definition) is 1. The Bertz CT molecular complexity index is 410. The zero-order chi connectivity index (χ0) is 12.3. The lowest BCUT2D eigenvalue weighted by atomic mass is 10.0. The summed E-state index contributed by atoms with van der Waals surface area (Å²) < 4.78 is 26.9. The van der Waals surface area contributed by atoms with Crippen LogP contribution in [0.1, 0.15) is 11.6 Å². The number of halogens is 4. The number of piperazine rings is 1. The molecule has 6 heteroatoms. The maximum Gasteiger partial charge on any atom is 0.163 e. The minimum absolute atomic E-state index is 0. The molecule has 1 atom stereocenters. The van der Waals surface area contributed by atoms with E-state index in [-0.39, 0.29) is 30.9 Å². The number of benzene rings is 1. The van der Waals surface area contributed by atoms with Crippen molar-refractivity contribution in [2.45, 2.75) is 6.04 Å². The first-order valence-corrected chi connectivity index (χ1v) is 5.75. The molecule has 0 radical (unpaired) electrons. The van der Waals surface area contributed by atoms with Crippen LogP contribution in [0, 0.1) is 11.6 Å². The Labute approximate surface area is 124 Å². The van der Waals surface area contributed by atoms with Gasteiger partial charge in [0.05, 0.1) is 6.04 Å². The Morgan fingerprint density at radius 1 is 1.21 bits per heavy atom. The molecule has 19 heavy (non-hydrogen) atoms. The lowest BCUT2D eigenvalue weighted by Crippen LogP contribution is -2.44. The molecule has 0 spiro atoms. The molecule has 1 heterocycles. The van der Waals surface area contributed by atoms with Crippen molar-refractivity contribution in [1.82, 2.24) is 10.2 Å². The highest BCUT2D eigenvalue weighted by molar-refractivity contribution is 5.85. The molecule has 0 amide bonds. The summed E-state index contributed by atoms with van der Waals surface area (Å²) in [6, 6.07) is 4.03. The van der Waals surface area contributed by atoms with Gasteiger partial charge in [-0.15, -0.1) is 31.4 Å². The van der Waals surface area contributed by atoms with Crippen molar-refractivity contribution in [3.8, 4) is 0 Å². The predicted molar refractivity (Wildman–Crippen MR) is 78.2 cm³/mol. The average molecular weight is 311 g/mol. The first-order chi connectivity index (χ1) is 8.24. The van der Waals surface area contributed by atoms with Gasteiger partial charge in [-0.1, -0.05) is 18.2 Å². The lowest BCUT2D eigenvalue weighted by molar-refractivity contribution is 0.199. The number of nitrogens with one attached hydrogen (secondary N) is 1. The number of nitrogens with zero attached hydrogens (tertiary/aromatic N) is 1. The summed E-state index contributed by atoms with van der Waals surface area (Å²) >= 11 is 0. The topological polar surface area (TPSA) is 15.3 Å². The van der Waals surface area contributed by atoms with Gasteiger partial charge in [0.2, 0.25) is 0 Å². The fourth-order valence-corrected chi connectivity index (χ4v) is 2.18. The molecule has 0 aliphatic carbocycles. The lowest BCUT2D eigenvalue weighted by Gasteiger charge is -2.33. The molecular weight excluding hydrogens is 293 g/mol. The van der Waals surface area contributed by atoms with Crippen molar-refractivity contribution in [3.63, 3.8) is 0 Å². The van der Waals surface area contributed by atoms with Gasteiger partial charge >= 0.3 is 0 Å². The molecule has 2 nitrogen and oxygen atoms in total. The summed E-state index contributed by atoms with van der Waals surface area (Å²) in [5.41, 5.74) is 0.363. The third-order valence-electron chi connectivity index (χ3n) is 3.07. The van der Waals surface area contributed by atoms with Gasteiger partial charge in [0.15, 0.2) is 11.6 Å². The van der Waals surface area contributed by atoms with E-state index < -0.39 is 11.6 Å². The van der Waals surface area contributed by atoms with Crippen LogP contribution in [-0.2, 0) is 0 Å². The molecular formula is C13H18Cl2F2N2. The highest BCUT2D eigenvalue weighted by Gasteiger charge is 2.23. The maximum atomic E-state index is 13.7. The summed E-state index contributed by atoms with van der Waals surface area (Å²) in [5, 5.41) is 3.23. The normalized spacial score (nSPS) is 16.9. The van der Waals surface area contributed by atoms with Crippen LogP contribution >= 0.6 is 24.8 Å². The van der Waals surface area contributed by atoms with Gasteiger partial charge in [-0.2, -0.15) is 0 Å². The summed E-state index contributed by atoms with van der Waals surface area (Å²) in [4.78, 5) is 2.10. The zero-order valence-electron chi connectivity index (χ0n) is 10.4. The first kappa shape index (κ1) is 18.3. The highest BCUT2D eigenvalue weighted by Crippen LogP contribution is 2.25. The quantitative estimate of drug-likeness (QED) is 0.864. The predicted octanol–water partition coefficient (Wildman–Crippen LogP) is 2.94. The Morgan fingerprint density at radius 2 is 1.84 bits per heavy atom. The van der Waals surface area contributed by atoms with Crippen LogP contribution in [0.5, 0.6) is 0 Å². The first-order valence-electron chi connectivity index (χ1n) is 5.75. The minimum Gasteiger partial charge on any atom is -0.314 e. The average Bonchev–Trinajstić information content (AvgIpc) is 2.37. The van der Waals surface area contributed by atoms with Crippen LogP contribution in [0.3, 0.4) is 0 Å². The van der Waals surface area contributed by atoms with Crippen LogP contribution in [0.4, 0.5) is 8.78 Å². The van der Waals surface area contributed by atoms with Gasteiger partial charge in [-0.25, -0.2) is 8.78 Å². The van der Waals surface area contributed by atoms with Gasteiger partial charge in [-0.3, -0.25) is 4.90 Å². The van der Waals surface area contributed by atoms with E-state index in [1.165, 1.54) is 6.07 Å². The Morgan fingerprint density at radius 3 is 2.42 bits per heavy atom. The second-order valence-electron chi connectivity index (χ2n) is 4.11. The zero-order valence-corrected chi connectivity index (χ0v) is 12.1.